The molecule has 98 valence electrons. The van der Waals surface area contributed by atoms with Crippen LogP contribution < -0.4 is 5.73 Å². The Morgan fingerprint density at radius 1 is 1.24 bits per heavy atom. The first-order valence-electron chi connectivity index (χ1n) is 6.60. The highest BCUT2D eigenvalue weighted by Gasteiger charge is 2.14. The number of ether oxygens (including phenoxy) is 2. The molecule has 0 aromatic carbocycles. The average molecular weight is 241 g/mol. The van der Waals surface area contributed by atoms with Crippen molar-refractivity contribution < 1.29 is 9.47 Å². The van der Waals surface area contributed by atoms with Gasteiger partial charge in [-0.1, -0.05) is 0 Å². The molecule has 0 bridgehead atoms. The summed E-state index contributed by atoms with van der Waals surface area (Å²) < 4.78 is 10.9. The van der Waals surface area contributed by atoms with Gasteiger partial charge in [0.1, 0.15) is 0 Å². The first kappa shape index (κ1) is 12.6. The van der Waals surface area contributed by atoms with Gasteiger partial charge in [-0.15, -0.1) is 0 Å². The molecule has 0 aliphatic carbocycles. The molecular weight excluding hydrogens is 218 g/mol. The Bertz CT molecular complexity index is 246. The van der Waals surface area contributed by atoms with Gasteiger partial charge in [-0.3, -0.25) is 4.99 Å². The summed E-state index contributed by atoms with van der Waals surface area (Å²) in [7, 11) is 0. The maximum absolute atomic E-state index is 5.94. The Morgan fingerprint density at radius 2 is 2.06 bits per heavy atom. The maximum Gasteiger partial charge on any atom is 0.191 e. The van der Waals surface area contributed by atoms with Crippen LogP contribution in [0.15, 0.2) is 4.99 Å². The van der Waals surface area contributed by atoms with E-state index in [1.54, 1.807) is 0 Å². The maximum atomic E-state index is 5.94. The molecule has 2 rings (SSSR count). The molecule has 2 saturated heterocycles. The lowest BCUT2D eigenvalue weighted by atomic mass is 10.1. The molecule has 1 unspecified atom stereocenters. The van der Waals surface area contributed by atoms with Gasteiger partial charge in [-0.25, -0.2) is 0 Å². The molecule has 5 nitrogen and oxygen atoms in total. The highest BCUT2D eigenvalue weighted by Crippen LogP contribution is 2.15. The van der Waals surface area contributed by atoms with E-state index in [0.29, 0.717) is 12.1 Å². The quantitative estimate of drug-likeness (QED) is 0.580. The van der Waals surface area contributed by atoms with Crippen LogP contribution in [0, 0.1) is 0 Å². The Labute approximate surface area is 103 Å². The highest BCUT2D eigenvalue weighted by molar-refractivity contribution is 5.78. The van der Waals surface area contributed by atoms with E-state index in [1.807, 2.05) is 0 Å². The molecule has 0 radical (unpaired) electrons. The van der Waals surface area contributed by atoms with E-state index < -0.39 is 0 Å². The van der Waals surface area contributed by atoms with Crippen LogP contribution >= 0.6 is 0 Å². The standard InChI is InChI=1S/C12H23N3O2/c13-12(15-6-9-16-10-7-15)14-5-4-11-3-1-2-8-17-11/h11H,1-10H2,(H2,13,14). The zero-order valence-corrected chi connectivity index (χ0v) is 10.4. The molecule has 2 heterocycles. The smallest absolute Gasteiger partial charge is 0.191 e. The number of hydrogen-bond donors (Lipinski definition) is 1. The molecule has 1 atom stereocenters. The van der Waals surface area contributed by atoms with E-state index in [1.165, 1.54) is 19.3 Å². The van der Waals surface area contributed by atoms with Crippen molar-refractivity contribution in [1.82, 2.24) is 4.90 Å². The third-order valence-corrected chi connectivity index (χ3v) is 3.33. The summed E-state index contributed by atoms with van der Waals surface area (Å²) >= 11 is 0. The van der Waals surface area contributed by atoms with E-state index in [-0.39, 0.29) is 0 Å². The van der Waals surface area contributed by atoms with Gasteiger partial charge in [0.05, 0.1) is 19.3 Å². The van der Waals surface area contributed by atoms with Crippen molar-refractivity contribution in [3.8, 4) is 0 Å². The summed E-state index contributed by atoms with van der Waals surface area (Å²) in [5.41, 5.74) is 5.94. The number of morpholine rings is 1. The minimum Gasteiger partial charge on any atom is -0.378 e. The molecule has 5 heteroatoms. The van der Waals surface area contributed by atoms with Crippen LogP contribution in [-0.2, 0) is 9.47 Å². The van der Waals surface area contributed by atoms with Crippen LogP contribution in [0.4, 0.5) is 0 Å². The van der Waals surface area contributed by atoms with Gasteiger partial charge < -0.3 is 20.1 Å². The van der Waals surface area contributed by atoms with Gasteiger partial charge >= 0.3 is 0 Å². The molecular formula is C12H23N3O2. The number of nitrogens with two attached hydrogens (primary N) is 1. The summed E-state index contributed by atoms with van der Waals surface area (Å²) in [6, 6.07) is 0. The molecule has 0 saturated carbocycles. The topological polar surface area (TPSA) is 60.1 Å². The summed E-state index contributed by atoms with van der Waals surface area (Å²) in [6.45, 7) is 4.90. The van der Waals surface area contributed by atoms with Gasteiger partial charge in [0.15, 0.2) is 5.96 Å². The van der Waals surface area contributed by atoms with E-state index in [9.17, 15) is 0 Å². The second-order valence-corrected chi connectivity index (χ2v) is 4.62. The third-order valence-electron chi connectivity index (χ3n) is 3.33. The lowest BCUT2D eigenvalue weighted by Crippen LogP contribution is -2.44. The molecule has 17 heavy (non-hydrogen) atoms. The van der Waals surface area contributed by atoms with Crippen molar-refractivity contribution >= 4 is 5.96 Å². The Hall–Kier alpha value is -0.810. The lowest BCUT2D eigenvalue weighted by molar-refractivity contribution is 0.0128. The summed E-state index contributed by atoms with van der Waals surface area (Å²) in [4.78, 5) is 6.52. The minimum atomic E-state index is 0.394. The monoisotopic (exact) mass is 241 g/mol. The summed E-state index contributed by atoms with van der Waals surface area (Å²) in [5, 5.41) is 0. The lowest BCUT2D eigenvalue weighted by Gasteiger charge is -2.27. The van der Waals surface area contributed by atoms with E-state index in [2.05, 4.69) is 9.89 Å². The summed E-state index contributed by atoms with van der Waals surface area (Å²) in [5.74, 6) is 0.657. The normalized spacial score (nSPS) is 27.2. The second kappa shape index (κ2) is 6.81. The van der Waals surface area contributed by atoms with Gasteiger partial charge in [-0.05, 0) is 25.7 Å². The van der Waals surface area contributed by atoms with Crippen LogP contribution in [0.25, 0.3) is 0 Å². The van der Waals surface area contributed by atoms with Crippen molar-refractivity contribution in [3.63, 3.8) is 0 Å². The van der Waals surface area contributed by atoms with Crippen molar-refractivity contribution in [2.24, 2.45) is 10.7 Å². The zero-order chi connectivity index (χ0) is 11.9. The minimum absolute atomic E-state index is 0.394. The van der Waals surface area contributed by atoms with E-state index in [0.717, 1.165) is 45.9 Å². The van der Waals surface area contributed by atoms with E-state index >= 15 is 0 Å². The van der Waals surface area contributed by atoms with E-state index in [4.69, 9.17) is 15.2 Å². The second-order valence-electron chi connectivity index (χ2n) is 4.62. The fourth-order valence-corrected chi connectivity index (χ4v) is 2.25. The molecule has 0 spiro atoms. The third kappa shape index (κ3) is 4.16. The van der Waals surface area contributed by atoms with Gasteiger partial charge in [0.2, 0.25) is 0 Å². The summed E-state index contributed by atoms with van der Waals surface area (Å²) in [6.07, 6.45) is 5.05. The van der Waals surface area contributed by atoms with Gasteiger partial charge in [0.25, 0.3) is 0 Å². The first-order chi connectivity index (χ1) is 8.36. The average Bonchev–Trinajstić information content (AvgIpc) is 2.41. The first-order valence-corrected chi connectivity index (χ1v) is 6.60. The molecule has 0 aromatic heterocycles. The van der Waals surface area contributed by atoms with Crippen LogP contribution in [-0.4, -0.2) is 56.4 Å². The SMILES string of the molecule is NC(=NCCC1CCCCO1)N1CCOCC1. The number of aliphatic imine (C=N–C) groups is 1. The number of guanidine groups is 1. The number of rotatable bonds is 3. The molecule has 2 N–H and O–H groups in total. The molecule has 2 fully saturated rings. The number of nitrogens with zero attached hydrogens (tertiary/aromatic N) is 2. The molecule has 2 aliphatic heterocycles. The van der Waals surface area contributed by atoms with Crippen molar-refractivity contribution in [2.75, 3.05) is 39.5 Å². The highest BCUT2D eigenvalue weighted by atomic mass is 16.5. The predicted octanol–water partition coefficient (Wildman–Crippen LogP) is 0.593. The van der Waals surface area contributed by atoms with Gasteiger partial charge in [-0.2, -0.15) is 0 Å². The predicted molar refractivity (Wildman–Crippen MR) is 67.1 cm³/mol. The Kier molecular flexibility index (Phi) is 5.07. The van der Waals surface area contributed by atoms with Crippen LogP contribution in [0.1, 0.15) is 25.7 Å². The van der Waals surface area contributed by atoms with Gasteiger partial charge in [0, 0.05) is 26.2 Å². The zero-order valence-electron chi connectivity index (χ0n) is 10.4. The molecule has 2 aliphatic rings. The van der Waals surface area contributed by atoms with Crippen molar-refractivity contribution in [2.45, 2.75) is 31.8 Å². The largest absolute Gasteiger partial charge is 0.378 e. The van der Waals surface area contributed by atoms with Crippen LogP contribution in [0.2, 0.25) is 0 Å². The molecule has 0 amide bonds. The van der Waals surface area contributed by atoms with Crippen molar-refractivity contribution in [3.05, 3.63) is 0 Å². The number of hydrogen-bond acceptors (Lipinski definition) is 3. The van der Waals surface area contributed by atoms with Crippen molar-refractivity contribution in [1.29, 1.82) is 0 Å². The fourth-order valence-electron chi connectivity index (χ4n) is 2.25. The Balaban J connectivity index is 1.67. The fraction of sp³-hybridized carbons (Fsp3) is 0.917. The Morgan fingerprint density at radius 3 is 2.76 bits per heavy atom. The molecule has 0 aromatic rings. The van der Waals surface area contributed by atoms with Crippen LogP contribution in [0.5, 0.6) is 0 Å². The van der Waals surface area contributed by atoms with Crippen LogP contribution in [0.3, 0.4) is 0 Å².